The fraction of sp³-hybridized carbons (Fsp3) is 0.474. The second kappa shape index (κ2) is 10.2. The Morgan fingerprint density at radius 3 is 2.59 bits per heavy atom. The average molecular weight is 427 g/mol. The Morgan fingerprint density at radius 2 is 1.93 bits per heavy atom. The fourth-order valence-corrected chi connectivity index (χ4v) is 3.30. The number of carbonyl (C=O) groups excluding carboxylic acids is 3. The zero-order chi connectivity index (χ0) is 21.4. The van der Waals surface area contributed by atoms with Gasteiger partial charge in [0.05, 0.1) is 11.1 Å². The second-order valence-electron chi connectivity index (χ2n) is 6.64. The molecule has 158 valence electrons. The Morgan fingerprint density at radius 1 is 1.21 bits per heavy atom. The molecule has 0 spiro atoms. The SMILES string of the molecule is Cc1ccc(-c2cnc(C(=O)CCCNC(=O)CCC(F)(F)CCC(N)=O)o2)s1. The standard InChI is InChI=1S/C19H23F2N3O4S/c1-12-4-5-15(29-12)14-11-24-18(28-14)13(25)3-2-10-23-17(27)7-9-19(20,21)8-6-16(22)26/h4-5,11H,2-3,6-10H2,1H3,(H2,22,26)(H,23,27). The molecule has 0 saturated heterocycles. The molecule has 0 atom stereocenters. The minimum atomic E-state index is -3.12. The number of nitrogens with zero attached hydrogens (tertiary/aromatic N) is 1. The van der Waals surface area contributed by atoms with Crippen LogP contribution in [0.5, 0.6) is 0 Å². The lowest BCUT2D eigenvalue weighted by Crippen LogP contribution is -2.28. The molecule has 2 aromatic rings. The summed E-state index contributed by atoms with van der Waals surface area (Å²) in [5, 5.41) is 2.50. The predicted octanol–water partition coefficient (Wildman–Crippen LogP) is 3.47. The monoisotopic (exact) mass is 427 g/mol. The van der Waals surface area contributed by atoms with Gasteiger partial charge in [0.1, 0.15) is 0 Å². The zero-order valence-electron chi connectivity index (χ0n) is 16.0. The van der Waals surface area contributed by atoms with Crippen LogP contribution in [-0.4, -0.2) is 35.0 Å². The van der Waals surface area contributed by atoms with Crippen molar-refractivity contribution >= 4 is 28.9 Å². The highest BCUT2D eigenvalue weighted by Gasteiger charge is 2.29. The van der Waals surface area contributed by atoms with Crippen LogP contribution >= 0.6 is 11.3 Å². The third-order valence-corrected chi connectivity index (χ3v) is 5.10. The van der Waals surface area contributed by atoms with Gasteiger partial charge in [0, 0.05) is 43.5 Å². The van der Waals surface area contributed by atoms with Crippen LogP contribution in [0.15, 0.2) is 22.7 Å². The highest BCUT2D eigenvalue weighted by molar-refractivity contribution is 7.15. The normalized spacial score (nSPS) is 11.4. The topological polar surface area (TPSA) is 115 Å². The Labute approximate surface area is 170 Å². The number of amides is 2. The van der Waals surface area contributed by atoms with Crippen molar-refractivity contribution in [2.24, 2.45) is 5.73 Å². The molecule has 0 saturated carbocycles. The summed E-state index contributed by atoms with van der Waals surface area (Å²) in [7, 11) is 0. The van der Waals surface area contributed by atoms with E-state index in [0.29, 0.717) is 12.2 Å². The summed E-state index contributed by atoms with van der Waals surface area (Å²) in [6, 6.07) is 3.84. The Hall–Kier alpha value is -2.62. The molecule has 2 amide bonds. The van der Waals surface area contributed by atoms with E-state index < -0.39 is 37.0 Å². The Balaban J connectivity index is 1.67. The zero-order valence-corrected chi connectivity index (χ0v) is 16.8. The third kappa shape index (κ3) is 7.72. The molecule has 7 nitrogen and oxygen atoms in total. The minimum absolute atomic E-state index is 0.00599. The molecule has 2 rings (SSSR count). The molecule has 3 N–H and O–H groups in total. The van der Waals surface area contributed by atoms with Crippen LogP contribution in [0.3, 0.4) is 0 Å². The van der Waals surface area contributed by atoms with Gasteiger partial charge in [-0.3, -0.25) is 14.4 Å². The quantitative estimate of drug-likeness (QED) is 0.397. The molecule has 10 heteroatoms. The number of carbonyl (C=O) groups is 3. The molecule has 29 heavy (non-hydrogen) atoms. The van der Waals surface area contributed by atoms with Crippen LogP contribution in [0, 0.1) is 6.92 Å². The third-order valence-electron chi connectivity index (χ3n) is 4.09. The van der Waals surface area contributed by atoms with Gasteiger partial charge in [0.2, 0.25) is 23.5 Å². The molecule has 0 bridgehead atoms. The van der Waals surface area contributed by atoms with Gasteiger partial charge in [0.25, 0.3) is 5.89 Å². The lowest BCUT2D eigenvalue weighted by atomic mass is 10.1. The molecule has 0 fully saturated rings. The first kappa shape index (κ1) is 22.7. The number of Topliss-reactive ketones (excluding diaryl/α,β-unsaturated/α-hetero) is 1. The van der Waals surface area contributed by atoms with E-state index in [1.54, 1.807) is 0 Å². The highest BCUT2D eigenvalue weighted by Crippen LogP contribution is 2.28. The predicted molar refractivity (Wildman–Crippen MR) is 104 cm³/mol. The van der Waals surface area contributed by atoms with Gasteiger partial charge in [-0.1, -0.05) is 0 Å². The number of primary amides is 1. The van der Waals surface area contributed by atoms with Crippen molar-refractivity contribution in [1.29, 1.82) is 0 Å². The van der Waals surface area contributed by atoms with Gasteiger partial charge >= 0.3 is 0 Å². The van der Waals surface area contributed by atoms with Gasteiger partial charge in [0.15, 0.2) is 5.76 Å². The van der Waals surface area contributed by atoms with Crippen LogP contribution in [0.25, 0.3) is 10.6 Å². The molecular formula is C19H23F2N3O4S. The number of hydrogen-bond acceptors (Lipinski definition) is 6. The number of alkyl halides is 2. The lowest BCUT2D eigenvalue weighted by molar-refractivity contribution is -0.124. The summed E-state index contributed by atoms with van der Waals surface area (Å²) in [6.07, 6.45) is -0.191. The number of aryl methyl sites for hydroxylation is 1. The van der Waals surface area contributed by atoms with E-state index in [-0.39, 0.29) is 31.1 Å². The number of thiophene rings is 1. The molecule has 0 aliphatic rings. The Bertz CT molecular complexity index is 863. The average Bonchev–Trinajstić information content (AvgIpc) is 3.31. The van der Waals surface area contributed by atoms with E-state index in [1.807, 2.05) is 19.1 Å². The van der Waals surface area contributed by atoms with E-state index in [0.717, 1.165) is 9.75 Å². The maximum Gasteiger partial charge on any atom is 0.263 e. The highest BCUT2D eigenvalue weighted by atomic mass is 32.1. The first-order valence-electron chi connectivity index (χ1n) is 9.15. The van der Waals surface area contributed by atoms with E-state index in [9.17, 15) is 23.2 Å². The molecule has 0 unspecified atom stereocenters. The lowest BCUT2D eigenvalue weighted by Gasteiger charge is -2.15. The van der Waals surface area contributed by atoms with E-state index in [4.69, 9.17) is 10.2 Å². The summed E-state index contributed by atoms with van der Waals surface area (Å²) >= 11 is 1.53. The van der Waals surface area contributed by atoms with Crippen molar-refractivity contribution in [3.05, 3.63) is 29.1 Å². The molecule has 0 aliphatic carbocycles. The van der Waals surface area contributed by atoms with E-state index >= 15 is 0 Å². The number of halogens is 2. The van der Waals surface area contributed by atoms with Crippen LogP contribution in [0.1, 0.15) is 54.1 Å². The van der Waals surface area contributed by atoms with Crippen LogP contribution in [0.2, 0.25) is 0 Å². The minimum Gasteiger partial charge on any atom is -0.433 e. The maximum atomic E-state index is 13.5. The van der Waals surface area contributed by atoms with E-state index in [2.05, 4.69) is 10.3 Å². The fourth-order valence-electron chi connectivity index (χ4n) is 2.48. The number of nitrogens with one attached hydrogen (secondary N) is 1. The second-order valence-corrected chi connectivity index (χ2v) is 7.93. The van der Waals surface area contributed by atoms with Gasteiger partial charge in [-0.05, 0) is 25.5 Å². The smallest absolute Gasteiger partial charge is 0.263 e. The molecular weight excluding hydrogens is 404 g/mol. The summed E-state index contributed by atoms with van der Waals surface area (Å²) in [4.78, 5) is 40.3. The van der Waals surface area contributed by atoms with E-state index in [1.165, 1.54) is 17.5 Å². The van der Waals surface area contributed by atoms with Gasteiger partial charge in [-0.2, -0.15) is 0 Å². The number of aromatic nitrogens is 1. The Kier molecular flexibility index (Phi) is 8.00. The summed E-state index contributed by atoms with van der Waals surface area (Å²) in [5.74, 6) is -4.23. The van der Waals surface area contributed by atoms with Crippen molar-refractivity contribution in [2.75, 3.05) is 6.54 Å². The summed E-state index contributed by atoms with van der Waals surface area (Å²) in [5.41, 5.74) is 4.85. The summed E-state index contributed by atoms with van der Waals surface area (Å²) in [6.45, 7) is 2.14. The first-order chi connectivity index (χ1) is 13.7. The maximum absolute atomic E-state index is 13.5. The van der Waals surface area contributed by atoms with Crippen molar-refractivity contribution in [3.8, 4) is 10.6 Å². The molecule has 0 radical (unpaired) electrons. The van der Waals surface area contributed by atoms with Crippen molar-refractivity contribution in [1.82, 2.24) is 10.3 Å². The van der Waals surface area contributed by atoms with Crippen molar-refractivity contribution in [2.45, 2.75) is 51.4 Å². The number of oxazole rings is 1. The largest absolute Gasteiger partial charge is 0.433 e. The van der Waals surface area contributed by atoms with Crippen molar-refractivity contribution < 1.29 is 27.6 Å². The van der Waals surface area contributed by atoms with Crippen LogP contribution < -0.4 is 11.1 Å². The van der Waals surface area contributed by atoms with Crippen LogP contribution in [-0.2, 0) is 9.59 Å². The molecule has 2 heterocycles. The first-order valence-corrected chi connectivity index (χ1v) is 9.96. The molecule has 0 aliphatic heterocycles. The number of hydrogen-bond donors (Lipinski definition) is 2. The molecule has 0 aromatic carbocycles. The summed E-state index contributed by atoms with van der Waals surface area (Å²) < 4.78 is 32.5. The van der Waals surface area contributed by atoms with Crippen LogP contribution in [0.4, 0.5) is 8.78 Å². The molecule has 2 aromatic heterocycles. The number of rotatable bonds is 12. The number of nitrogens with two attached hydrogens (primary N) is 1. The van der Waals surface area contributed by atoms with Gasteiger partial charge < -0.3 is 15.5 Å². The van der Waals surface area contributed by atoms with Gasteiger partial charge in [-0.15, -0.1) is 11.3 Å². The number of ketones is 1. The van der Waals surface area contributed by atoms with Crippen molar-refractivity contribution in [3.63, 3.8) is 0 Å². The van der Waals surface area contributed by atoms with Gasteiger partial charge in [-0.25, -0.2) is 13.8 Å².